The molecule has 6 nitrogen and oxygen atoms in total. The third kappa shape index (κ3) is 5.55. The maximum Gasteiger partial charge on any atom is 0.433 e. The van der Waals surface area contributed by atoms with Gasteiger partial charge in [-0.15, -0.1) is 0 Å². The number of hydrogen-bond acceptors (Lipinski definition) is 4. The lowest BCUT2D eigenvalue weighted by molar-refractivity contribution is -0.110. The van der Waals surface area contributed by atoms with Gasteiger partial charge in [-0.2, -0.15) is 0 Å². The van der Waals surface area contributed by atoms with Gasteiger partial charge in [0.2, 0.25) is 0 Å². The van der Waals surface area contributed by atoms with E-state index in [9.17, 15) is 9.59 Å². The monoisotopic (exact) mass is 303 g/mol. The van der Waals surface area contributed by atoms with Gasteiger partial charge in [-0.3, -0.25) is 9.63 Å². The smallest absolute Gasteiger partial charge is 0.321 e. The van der Waals surface area contributed by atoms with Crippen LogP contribution in [0.4, 0.5) is 10.5 Å². The number of benzene rings is 1. The van der Waals surface area contributed by atoms with Crippen molar-refractivity contribution >= 4 is 23.9 Å². The number of nitrogens with zero attached hydrogens (tertiary/aromatic N) is 1. The fraction of sp³-hybridized carbons (Fsp3) is 0.438. The maximum atomic E-state index is 11.6. The molecule has 0 spiro atoms. The quantitative estimate of drug-likeness (QED) is 0.510. The van der Waals surface area contributed by atoms with Gasteiger partial charge < -0.3 is 10.6 Å². The second kappa shape index (κ2) is 8.17. The Balaban J connectivity index is 1.70. The molecule has 0 saturated heterocycles. The first-order valence-corrected chi connectivity index (χ1v) is 7.52. The molecular formula is C16H21N3O3. The van der Waals surface area contributed by atoms with E-state index < -0.39 is 12.0 Å². The summed E-state index contributed by atoms with van der Waals surface area (Å²) >= 11 is 0. The normalized spacial score (nSPS) is 15.5. The van der Waals surface area contributed by atoms with E-state index in [0.717, 1.165) is 37.5 Å². The summed E-state index contributed by atoms with van der Waals surface area (Å²) in [4.78, 5) is 27.7. The van der Waals surface area contributed by atoms with Crippen LogP contribution < -0.4 is 10.6 Å². The SMILES string of the molecule is Cc1ccc(NC(=O)/C=N/OC(=O)NC2CCCCC2)cc1. The van der Waals surface area contributed by atoms with Crippen molar-refractivity contribution in [2.45, 2.75) is 45.1 Å². The molecule has 118 valence electrons. The minimum absolute atomic E-state index is 0.151. The van der Waals surface area contributed by atoms with Crippen LogP contribution in [0.5, 0.6) is 0 Å². The second-order valence-corrected chi connectivity index (χ2v) is 5.45. The highest BCUT2D eigenvalue weighted by Crippen LogP contribution is 2.17. The molecule has 1 saturated carbocycles. The summed E-state index contributed by atoms with van der Waals surface area (Å²) in [5, 5.41) is 8.77. The van der Waals surface area contributed by atoms with Gasteiger partial charge in [-0.1, -0.05) is 42.1 Å². The Kier molecular flexibility index (Phi) is 5.94. The van der Waals surface area contributed by atoms with Crippen LogP contribution in [0, 0.1) is 6.92 Å². The molecule has 0 unspecified atom stereocenters. The zero-order valence-electron chi connectivity index (χ0n) is 12.7. The van der Waals surface area contributed by atoms with E-state index in [1.54, 1.807) is 12.1 Å². The molecule has 0 bridgehead atoms. The molecule has 0 aliphatic heterocycles. The summed E-state index contributed by atoms with van der Waals surface area (Å²) in [7, 11) is 0. The predicted octanol–water partition coefficient (Wildman–Crippen LogP) is 2.98. The van der Waals surface area contributed by atoms with Crippen molar-refractivity contribution in [2.75, 3.05) is 5.32 Å². The molecule has 1 aliphatic rings. The van der Waals surface area contributed by atoms with Crippen molar-refractivity contribution in [1.82, 2.24) is 5.32 Å². The van der Waals surface area contributed by atoms with E-state index in [1.807, 2.05) is 19.1 Å². The van der Waals surface area contributed by atoms with Crippen molar-refractivity contribution in [2.24, 2.45) is 5.16 Å². The first kappa shape index (κ1) is 16.0. The molecule has 0 atom stereocenters. The number of oxime groups is 1. The number of carbonyl (C=O) groups excluding carboxylic acids is 2. The highest BCUT2D eigenvalue weighted by atomic mass is 16.7. The third-order valence-corrected chi connectivity index (χ3v) is 3.55. The Labute approximate surface area is 129 Å². The van der Waals surface area contributed by atoms with E-state index in [4.69, 9.17) is 0 Å². The number of anilines is 1. The lowest BCUT2D eigenvalue weighted by atomic mass is 9.96. The molecule has 1 fully saturated rings. The lowest BCUT2D eigenvalue weighted by Crippen LogP contribution is -2.35. The zero-order valence-corrected chi connectivity index (χ0v) is 12.7. The second-order valence-electron chi connectivity index (χ2n) is 5.45. The van der Waals surface area contributed by atoms with E-state index >= 15 is 0 Å². The van der Waals surface area contributed by atoms with Gasteiger partial charge in [0.05, 0.1) is 0 Å². The molecule has 1 aliphatic carbocycles. The highest BCUT2D eigenvalue weighted by molar-refractivity contribution is 6.31. The van der Waals surface area contributed by atoms with Crippen LogP contribution in [-0.4, -0.2) is 24.3 Å². The third-order valence-electron chi connectivity index (χ3n) is 3.55. The van der Waals surface area contributed by atoms with Crippen LogP contribution in [0.3, 0.4) is 0 Å². The van der Waals surface area contributed by atoms with Crippen LogP contribution in [0.25, 0.3) is 0 Å². The number of rotatable bonds is 4. The first-order chi connectivity index (χ1) is 10.6. The van der Waals surface area contributed by atoms with Crippen molar-refractivity contribution in [3.05, 3.63) is 29.8 Å². The van der Waals surface area contributed by atoms with Crippen molar-refractivity contribution in [1.29, 1.82) is 0 Å². The van der Waals surface area contributed by atoms with Gasteiger partial charge in [0, 0.05) is 11.7 Å². The number of nitrogens with one attached hydrogen (secondary N) is 2. The standard InChI is InChI=1S/C16H21N3O3/c1-12-7-9-14(10-8-12)18-15(20)11-17-22-16(21)19-13-5-3-2-4-6-13/h7-11,13H,2-6H2,1H3,(H,18,20)(H,19,21)/b17-11+. The average Bonchev–Trinajstić information content (AvgIpc) is 2.50. The predicted molar refractivity (Wildman–Crippen MR) is 84.8 cm³/mol. The van der Waals surface area contributed by atoms with Crippen molar-refractivity contribution in [3.8, 4) is 0 Å². The molecule has 2 rings (SSSR count). The van der Waals surface area contributed by atoms with E-state index in [-0.39, 0.29) is 6.04 Å². The summed E-state index contributed by atoms with van der Waals surface area (Å²) < 4.78 is 0. The fourth-order valence-electron chi connectivity index (χ4n) is 2.37. The van der Waals surface area contributed by atoms with Gasteiger partial charge in [-0.25, -0.2) is 4.79 Å². The Morgan fingerprint density at radius 1 is 1.18 bits per heavy atom. The minimum atomic E-state index is -0.619. The Morgan fingerprint density at radius 3 is 2.55 bits per heavy atom. The molecular weight excluding hydrogens is 282 g/mol. The summed E-state index contributed by atoms with van der Waals surface area (Å²) in [6.07, 6.45) is 5.70. The molecule has 0 aromatic heterocycles. The summed E-state index contributed by atoms with van der Waals surface area (Å²) in [6.45, 7) is 1.96. The van der Waals surface area contributed by atoms with Gasteiger partial charge in [0.15, 0.2) is 0 Å². The number of amides is 2. The van der Waals surface area contributed by atoms with Crippen molar-refractivity contribution in [3.63, 3.8) is 0 Å². The molecule has 0 heterocycles. The molecule has 1 aromatic carbocycles. The van der Waals surface area contributed by atoms with Gasteiger partial charge in [0.1, 0.15) is 6.21 Å². The van der Waals surface area contributed by atoms with Crippen LogP contribution in [0.2, 0.25) is 0 Å². The molecule has 22 heavy (non-hydrogen) atoms. The molecule has 6 heteroatoms. The molecule has 1 aromatic rings. The minimum Gasteiger partial charge on any atom is -0.321 e. The van der Waals surface area contributed by atoms with E-state index in [2.05, 4.69) is 20.6 Å². The van der Waals surface area contributed by atoms with Gasteiger partial charge in [-0.05, 0) is 31.9 Å². The van der Waals surface area contributed by atoms with Crippen LogP contribution >= 0.6 is 0 Å². The lowest BCUT2D eigenvalue weighted by Gasteiger charge is -2.21. The Hall–Kier alpha value is -2.37. The number of hydrogen-bond donors (Lipinski definition) is 2. The average molecular weight is 303 g/mol. The summed E-state index contributed by atoms with van der Waals surface area (Å²) in [5.74, 6) is -0.450. The molecule has 2 amide bonds. The van der Waals surface area contributed by atoms with Crippen LogP contribution in [0.1, 0.15) is 37.7 Å². The van der Waals surface area contributed by atoms with Crippen LogP contribution in [0.15, 0.2) is 29.4 Å². The molecule has 0 radical (unpaired) electrons. The highest BCUT2D eigenvalue weighted by Gasteiger charge is 2.16. The molecule has 2 N–H and O–H groups in total. The van der Waals surface area contributed by atoms with E-state index in [1.165, 1.54) is 6.42 Å². The number of carbonyl (C=O) groups is 2. The largest absolute Gasteiger partial charge is 0.433 e. The van der Waals surface area contributed by atoms with E-state index in [0.29, 0.717) is 5.69 Å². The zero-order chi connectivity index (χ0) is 15.8. The van der Waals surface area contributed by atoms with Gasteiger partial charge in [0.25, 0.3) is 5.91 Å². The van der Waals surface area contributed by atoms with Crippen LogP contribution in [-0.2, 0) is 9.63 Å². The topological polar surface area (TPSA) is 79.8 Å². The van der Waals surface area contributed by atoms with Gasteiger partial charge >= 0.3 is 6.09 Å². The van der Waals surface area contributed by atoms with Crippen molar-refractivity contribution < 1.29 is 14.4 Å². The fourth-order valence-corrected chi connectivity index (χ4v) is 2.37. The summed E-state index contributed by atoms with van der Waals surface area (Å²) in [5.41, 5.74) is 1.77. The first-order valence-electron chi connectivity index (χ1n) is 7.52. The summed E-state index contributed by atoms with van der Waals surface area (Å²) in [6, 6.07) is 7.51. The Morgan fingerprint density at radius 2 is 1.86 bits per heavy atom. The maximum absolute atomic E-state index is 11.6. The number of aryl methyl sites for hydroxylation is 1. The Bertz CT molecular complexity index is 534.